The minimum Gasteiger partial charge on any atom is -0.595 e. The zero-order chi connectivity index (χ0) is 31.8. The molecule has 3 N–H and O–H groups in total. The Bertz CT molecular complexity index is 1280. The van der Waals surface area contributed by atoms with Gasteiger partial charge in [0.05, 0.1) is 6.61 Å². The molecule has 4 unspecified atom stereocenters. The standard InChI is InChI=1S/C25H38N4O11P3/c1-4-6-10-15-41(26,32)39-43(28,34)40-42(27,33)35-17-20-23-24(38-22(37-23)16-19-11-8-7-9-12-19)25(36-20)29(21(31)5-2)14-13-18(3)30/h7-9,11-14,20,22-25H,4-6,10,15-17H2,1-3H3,(H3-3,26,27,28,32,33,34)/q-3/b14-13-/t20-,22?,23+,24+,25-,41?,42?,43?/m1/s1. The van der Waals surface area contributed by atoms with Crippen LogP contribution in [0.25, 0.3) is 16.5 Å². The van der Waals surface area contributed by atoms with Crippen molar-refractivity contribution in [2.24, 2.45) is 0 Å². The van der Waals surface area contributed by atoms with E-state index < -0.39 is 66.4 Å². The third-order valence-electron chi connectivity index (χ3n) is 6.40. The molecule has 2 fully saturated rings. The molecule has 0 spiro atoms. The minimum absolute atomic E-state index is 0.0712. The van der Waals surface area contributed by atoms with Crippen LogP contribution in [0.3, 0.4) is 0 Å². The molecule has 0 aliphatic carbocycles. The SMILES string of the molecule is CCCCCP([NH-])(=O)OP([NH-])(=O)OP([NH-])(=O)OC[C@H]1O[C@@H](N(/C=C\C(C)=O)C(=O)CC)[C@H]2OC(Cc3ccccc3)O[C@H]21. The van der Waals surface area contributed by atoms with E-state index in [1.165, 1.54) is 24.1 Å². The molecule has 2 heterocycles. The van der Waals surface area contributed by atoms with Gasteiger partial charge in [-0.05, 0) is 25.0 Å². The minimum atomic E-state index is -5.15. The van der Waals surface area contributed by atoms with E-state index in [0.29, 0.717) is 19.3 Å². The van der Waals surface area contributed by atoms with Crippen LogP contribution in [0.15, 0.2) is 42.6 Å². The second kappa shape index (κ2) is 15.6. The number of hydrogen-bond donors (Lipinski definition) is 0. The van der Waals surface area contributed by atoms with Crippen molar-refractivity contribution >= 4 is 34.7 Å². The van der Waals surface area contributed by atoms with Gasteiger partial charge in [0.25, 0.3) is 7.75 Å². The van der Waals surface area contributed by atoms with Crippen molar-refractivity contribution in [1.82, 2.24) is 4.90 Å². The average molecular weight is 664 g/mol. The number of nitrogens with one attached hydrogen (secondary N) is 3. The summed E-state index contributed by atoms with van der Waals surface area (Å²) in [5.74, 6) is -0.704. The number of unbranched alkanes of at least 4 members (excludes halogenated alkanes) is 2. The second-order valence-corrected chi connectivity index (χ2v) is 15.4. The largest absolute Gasteiger partial charge is 0.595 e. The van der Waals surface area contributed by atoms with Crippen molar-refractivity contribution in [3.63, 3.8) is 0 Å². The Labute approximate surface area is 251 Å². The van der Waals surface area contributed by atoms with Gasteiger partial charge < -0.3 is 39.8 Å². The summed E-state index contributed by atoms with van der Waals surface area (Å²) in [4.78, 5) is 25.6. The number of fused-ring (bicyclic) bond motifs is 1. The zero-order valence-corrected chi connectivity index (χ0v) is 26.8. The van der Waals surface area contributed by atoms with Gasteiger partial charge >= 0.3 is 0 Å². The quantitative estimate of drug-likeness (QED) is 0.0921. The smallest absolute Gasteiger partial charge is 0.250 e. The monoisotopic (exact) mass is 663 g/mol. The van der Waals surface area contributed by atoms with Crippen LogP contribution in [0.4, 0.5) is 0 Å². The lowest BCUT2D eigenvalue weighted by molar-refractivity contribution is -0.169. The van der Waals surface area contributed by atoms with Crippen LogP contribution in [0, 0.1) is 0 Å². The molecule has 1 aromatic carbocycles. The summed E-state index contributed by atoms with van der Waals surface area (Å²) in [7, 11) is -14.5. The van der Waals surface area contributed by atoms with Crippen LogP contribution in [0.1, 0.15) is 52.0 Å². The molecule has 8 atom stereocenters. The first kappa shape index (κ1) is 35.9. The molecule has 18 heteroatoms. The third kappa shape index (κ3) is 11.1. The maximum atomic E-state index is 12.8. The number of carbonyl (C=O) groups excluding carboxylic acids is 2. The van der Waals surface area contributed by atoms with Crippen molar-refractivity contribution in [3.05, 3.63) is 64.7 Å². The lowest BCUT2D eigenvalue weighted by Gasteiger charge is -2.34. The summed E-state index contributed by atoms with van der Waals surface area (Å²) in [5.41, 5.74) is 24.2. The van der Waals surface area contributed by atoms with Crippen LogP contribution in [-0.2, 0) is 57.1 Å². The number of carbonyl (C=O) groups is 2. The van der Waals surface area contributed by atoms with Gasteiger partial charge in [0.15, 0.2) is 18.3 Å². The van der Waals surface area contributed by atoms with Crippen LogP contribution >= 0.6 is 23.0 Å². The summed E-state index contributed by atoms with van der Waals surface area (Å²) >= 11 is 0. The molecule has 0 saturated carbocycles. The zero-order valence-electron chi connectivity index (χ0n) is 24.2. The summed E-state index contributed by atoms with van der Waals surface area (Å²) < 4.78 is 69.8. The Kier molecular flexibility index (Phi) is 13.0. The lowest BCUT2D eigenvalue weighted by Crippen LogP contribution is -2.44. The Morgan fingerprint density at radius 3 is 2.26 bits per heavy atom. The molecule has 2 saturated heterocycles. The second-order valence-electron chi connectivity index (χ2n) is 10.0. The Morgan fingerprint density at radius 1 is 0.953 bits per heavy atom. The highest BCUT2D eigenvalue weighted by Gasteiger charge is 2.55. The van der Waals surface area contributed by atoms with E-state index in [2.05, 4.69) is 8.62 Å². The van der Waals surface area contributed by atoms with Gasteiger partial charge in [0.1, 0.15) is 25.8 Å². The van der Waals surface area contributed by atoms with Gasteiger partial charge in [-0.1, -0.05) is 57.0 Å². The maximum absolute atomic E-state index is 12.8. The average Bonchev–Trinajstić information content (AvgIpc) is 3.45. The highest BCUT2D eigenvalue weighted by Crippen LogP contribution is 2.72. The first-order valence-electron chi connectivity index (χ1n) is 13.8. The lowest BCUT2D eigenvalue weighted by atomic mass is 10.1. The number of rotatable bonds is 17. The molecule has 0 radical (unpaired) electrons. The fraction of sp³-hybridized carbons (Fsp3) is 0.600. The van der Waals surface area contributed by atoms with Gasteiger partial charge in [-0.25, -0.2) is 0 Å². The van der Waals surface area contributed by atoms with Crippen molar-refractivity contribution in [1.29, 1.82) is 0 Å². The molecule has 43 heavy (non-hydrogen) atoms. The van der Waals surface area contributed by atoms with Crippen LogP contribution in [-0.4, -0.2) is 60.2 Å². The van der Waals surface area contributed by atoms with Gasteiger partial charge in [0.2, 0.25) is 13.7 Å². The Hall–Kier alpha value is -1.57. The van der Waals surface area contributed by atoms with E-state index in [9.17, 15) is 23.3 Å². The number of allylic oxidation sites excluding steroid dienone is 1. The topological polar surface area (TPSA) is 215 Å². The molecule has 2 aliphatic rings. The summed E-state index contributed by atoms with van der Waals surface area (Å²) in [6.07, 6.45) is -0.380. The molecule has 3 rings (SSSR count). The van der Waals surface area contributed by atoms with Gasteiger partial charge in [-0.15, -0.1) is 0 Å². The predicted molar refractivity (Wildman–Crippen MR) is 158 cm³/mol. The summed E-state index contributed by atoms with van der Waals surface area (Å²) in [5, 5.41) is 0. The highest BCUT2D eigenvalue weighted by molar-refractivity contribution is 7.75. The molecule has 1 aromatic rings. The normalized spacial score (nSPS) is 27.7. The molecule has 0 aromatic heterocycles. The van der Waals surface area contributed by atoms with E-state index in [1.807, 2.05) is 37.3 Å². The van der Waals surface area contributed by atoms with Crippen LogP contribution in [0.2, 0.25) is 0 Å². The van der Waals surface area contributed by atoms with Crippen molar-refractivity contribution < 1.29 is 50.6 Å². The van der Waals surface area contributed by atoms with E-state index in [-0.39, 0.29) is 18.4 Å². The van der Waals surface area contributed by atoms with Crippen LogP contribution in [0.5, 0.6) is 0 Å². The molecule has 0 bridgehead atoms. The predicted octanol–water partition coefficient (Wildman–Crippen LogP) is 7.21. The molecular formula is C25H38N4O11P3-3. The Balaban J connectivity index is 1.74. The summed E-state index contributed by atoms with van der Waals surface area (Å²) in [6, 6.07) is 9.33. The Morgan fingerprint density at radius 2 is 1.63 bits per heavy atom. The first-order valence-corrected chi connectivity index (χ1v) is 18.7. The highest BCUT2D eigenvalue weighted by atomic mass is 31.3. The van der Waals surface area contributed by atoms with Crippen molar-refractivity contribution in [3.8, 4) is 0 Å². The third-order valence-corrected chi connectivity index (χ3v) is 11.4. The maximum Gasteiger partial charge on any atom is 0.250 e. The number of hydrogen-bond acceptors (Lipinski definition) is 11. The fourth-order valence-electron chi connectivity index (χ4n) is 4.47. The molecule has 242 valence electrons. The van der Waals surface area contributed by atoms with Crippen LogP contribution < -0.4 is 0 Å². The summed E-state index contributed by atoms with van der Waals surface area (Å²) in [6.45, 7) is 4.19. The van der Waals surface area contributed by atoms with Gasteiger partial charge in [0, 0.05) is 25.2 Å². The van der Waals surface area contributed by atoms with Crippen molar-refractivity contribution in [2.45, 2.75) is 83.7 Å². The van der Waals surface area contributed by atoms with Crippen molar-refractivity contribution in [2.75, 3.05) is 12.8 Å². The number of nitrogens with zero attached hydrogens (tertiary/aromatic N) is 1. The van der Waals surface area contributed by atoms with E-state index in [1.54, 1.807) is 6.92 Å². The number of benzene rings is 1. The van der Waals surface area contributed by atoms with E-state index in [0.717, 1.165) is 12.0 Å². The molecule has 15 nitrogen and oxygen atoms in total. The van der Waals surface area contributed by atoms with Gasteiger partial charge in [-0.2, -0.15) is 0 Å². The molecular weight excluding hydrogens is 625 g/mol. The number of ether oxygens (including phenoxy) is 3. The number of amides is 1. The van der Waals surface area contributed by atoms with E-state index >= 15 is 0 Å². The van der Waals surface area contributed by atoms with E-state index in [4.69, 9.17) is 35.2 Å². The molecule has 2 aliphatic heterocycles. The first-order chi connectivity index (χ1) is 20.1. The fourth-order valence-corrected chi connectivity index (χ4v) is 8.88. The molecule has 1 amide bonds. The van der Waals surface area contributed by atoms with Gasteiger partial charge in [-0.3, -0.25) is 32.2 Å². The number of ketones is 1.